The zero-order valence-electron chi connectivity index (χ0n) is 11.9. The molecule has 2 saturated heterocycles. The Morgan fingerprint density at radius 1 is 1.18 bits per heavy atom. The van der Waals surface area contributed by atoms with Crippen LogP contribution in [0.3, 0.4) is 0 Å². The third-order valence-corrected chi connectivity index (χ3v) is 4.20. The Hall–Kier alpha value is -0.120. The van der Waals surface area contributed by atoms with Crippen LogP contribution in [0.15, 0.2) is 0 Å². The minimum Gasteiger partial charge on any atom is -0.376 e. The van der Waals surface area contributed by atoms with Gasteiger partial charge in [0.1, 0.15) is 5.60 Å². The Morgan fingerprint density at radius 2 is 1.82 bits per heavy atom. The predicted octanol–water partition coefficient (Wildman–Crippen LogP) is 2.63. The van der Waals surface area contributed by atoms with Crippen LogP contribution in [0.1, 0.15) is 41.5 Å². The molecule has 0 aromatic carbocycles. The highest BCUT2D eigenvalue weighted by molar-refractivity contribution is 5.11. The smallest absolute Gasteiger partial charge is 0.123 e. The van der Waals surface area contributed by atoms with Gasteiger partial charge in [-0.15, -0.1) is 0 Å². The Balaban J connectivity index is 2.20. The van der Waals surface area contributed by atoms with Crippen molar-refractivity contribution in [3.63, 3.8) is 0 Å². The molecule has 0 saturated carbocycles. The van der Waals surface area contributed by atoms with Gasteiger partial charge in [-0.3, -0.25) is 0 Å². The van der Waals surface area contributed by atoms with E-state index in [0.29, 0.717) is 18.4 Å². The summed E-state index contributed by atoms with van der Waals surface area (Å²) in [7, 11) is 0. The maximum absolute atomic E-state index is 6.23. The Kier molecular flexibility index (Phi) is 3.54. The predicted molar refractivity (Wildman–Crippen MR) is 67.0 cm³/mol. The Bertz CT molecular complexity index is 277. The van der Waals surface area contributed by atoms with Gasteiger partial charge in [-0.1, -0.05) is 13.8 Å². The molecule has 0 radical (unpaired) electrons. The van der Waals surface area contributed by atoms with Crippen molar-refractivity contribution in [3.8, 4) is 0 Å². The van der Waals surface area contributed by atoms with Crippen molar-refractivity contribution in [2.45, 2.75) is 71.6 Å². The first kappa shape index (κ1) is 13.3. The molecule has 0 amide bonds. The minimum atomic E-state index is -0.234. The molecule has 2 fully saturated rings. The third kappa shape index (κ3) is 2.02. The molecule has 0 spiro atoms. The summed E-state index contributed by atoms with van der Waals surface area (Å²) in [6.07, 6.45) is 0.799. The molecule has 17 heavy (non-hydrogen) atoms. The standard InChI is InChI=1S/C14H26O3/c1-8(2)12-13-10(5)17-14(12,11(6)16-13)7-15-9(3)4/h8-13H,7H2,1-6H3/t10-,11?,12-,13-,14-/m0/s1. The van der Waals surface area contributed by atoms with E-state index < -0.39 is 0 Å². The molecular weight excluding hydrogens is 216 g/mol. The van der Waals surface area contributed by atoms with Crippen molar-refractivity contribution in [3.05, 3.63) is 0 Å². The number of fused-ring (bicyclic) bond motifs is 2. The molecule has 2 heterocycles. The third-order valence-electron chi connectivity index (χ3n) is 4.20. The van der Waals surface area contributed by atoms with Crippen molar-refractivity contribution in [1.82, 2.24) is 0 Å². The molecule has 0 aromatic rings. The molecule has 2 bridgehead atoms. The fraction of sp³-hybridized carbons (Fsp3) is 1.00. The summed E-state index contributed by atoms with van der Waals surface area (Å²) in [5, 5.41) is 0. The lowest BCUT2D eigenvalue weighted by molar-refractivity contribution is -0.199. The van der Waals surface area contributed by atoms with E-state index in [1.165, 1.54) is 0 Å². The molecule has 2 rings (SSSR count). The first-order valence-corrected chi connectivity index (χ1v) is 6.83. The van der Waals surface area contributed by atoms with E-state index in [9.17, 15) is 0 Å². The van der Waals surface area contributed by atoms with E-state index in [2.05, 4.69) is 41.5 Å². The van der Waals surface area contributed by atoms with Gasteiger partial charge >= 0.3 is 0 Å². The molecule has 0 aromatic heterocycles. The molecule has 0 N–H and O–H groups in total. The van der Waals surface area contributed by atoms with Crippen LogP contribution in [0.5, 0.6) is 0 Å². The average Bonchev–Trinajstić information content (AvgIpc) is 2.64. The van der Waals surface area contributed by atoms with Gasteiger partial charge in [0, 0.05) is 5.92 Å². The number of hydrogen-bond donors (Lipinski definition) is 0. The van der Waals surface area contributed by atoms with Crippen LogP contribution >= 0.6 is 0 Å². The maximum atomic E-state index is 6.23. The summed E-state index contributed by atoms with van der Waals surface area (Å²) in [5.74, 6) is 1.01. The van der Waals surface area contributed by atoms with Crippen molar-refractivity contribution in [2.24, 2.45) is 11.8 Å². The van der Waals surface area contributed by atoms with Gasteiger partial charge < -0.3 is 14.2 Å². The molecule has 2 aliphatic heterocycles. The Labute approximate surface area is 105 Å². The van der Waals surface area contributed by atoms with Crippen LogP contribution in [0.25, 0.3) is 0 Å². The van der Waals surface area contributed by atoms with Gasteiger partial charge in [0.2, 0.25) is 0 Å². The van der Waals surface area contributed by atoms with Crippen molar-refractivity contribution in [2.75, 3.05) is 6.61 Å². The summed E-state index contributed by atoms with van der Waals surface area (Å²) in [4.78, 5) is 0. The summed E-state index contributed by atoms with van der Waals surface area (Å²) < 4.78 is 18.2. The fourth-order valence-corrected chi connectivity index (χ4v) is 3.46. The van der Waals surface area contributed by atoms with Crippen LogP contribution in [0, 0.1) is 11.8 Å². The molecule has 1 unspecified atom stereocenters. The van der Waals surface area contributed by atoms with Crippen LogP contribution in [-0.4, -0.2) is 36.6 Å². The van der Waals surface area contributed by atoms with E-state index in [1.54, 1.807) is 0 Å². The van der Waals surface area contributed by atoms with E-state index in [1.807, 2.05) is 0 Å². The van der Waals surface area contributed by atoms with Crippen molar-refractivity contribution >= 4 is 0 Å². The molecular formula is C14H26O3. The van der Waals surface area contributed by atoms with Crippen LogP contribution in [0.4, 0.5) is 0 Å². The van der Waals surface area contributed by atoms with Gasteiger partial charge in [-0.25, -0.2) is 0 Å². The number of ether oxygens (including phenoxy) is 3. The molecule has 3 heteroatoms. The van der Waals surface area contributed by atoms with E-state index in [-0.39, 0.29) is 30.0 Å². The van der Waals surface area contributed by atoms with Crippen molar-refractivity contribution in [1.29, 1.82) is 0 Å². The Morgan fingerprint density at radius 3 is 2.35 bits per heavy atom. The van der Waals surface area contributed by atoms with Gasteiger partial charge in [-0.05, 0) is 33.6 Å². The molecule has 0 aliphatic carbocycles. The zero-order valence-corrected chi connectivity index (χ0v) is 11.9. The van der Waals surface area contributed by atoms with Gasteiger partial charge in [0.05, 0.1) is 31.0 Å². The number of hydrogen-bond acceptors (Lipinski definition) is 3. The molecule has 3 nitrogen and oxygen atoms in total. The lowest BCUT2D eigenvalue weighted by Gasteiger charge is -2.37. The number of rotatable bonds is 4. The van der Waals surface area contributed by atoms with Crippen LogP contribution in [-0.2, 0) is 14.2 Å². The molecule has 100 valence electrons. The lowest BCUT2D eigenvalue weighted by atomic mass is 9.78. The quantitative estimate of drug-likeness (QED) is 0.758. The van der Waals surface area contributed by atoms with Gasteiger partial charge in [0.15, 0.2) is 0 Å². The second-order valence-corrected chi connectivity index (χ2v) is 6.15. The summed E-state index contributed by atoms with van der Waals surface area (Å²) in [6, 6.07) is 0. The summed E-state index contributed by atoms with van der Waals surface area (Å²) in [5.41, 5.74) is -0.234. The van der Waals surface area contributed by atoms with Crippen molar-refractivity contribution < 1.29 is 14.2 Å². The lowest BCUT2D eigenvalue weighted by Crippen LogP contribution is -2.49. The molecule has 2 aliphatic rings. The first-order chi connectivity index (χ1) is 7.88. The monoisotopic (exact) mass is 242 g/mol. The first-order valence-electron chi connectivity index (χ1n) is 6.83. The van der Waals surface area contributed by atoms with Crippen LogP contribution < -0.4 is 0 Å². The summed E-state index contributed by atoms with van der Waals surface area (Å²) in [6.45, 7) is 13.5. The van der Waals surface area contributed by atoms with Gasteiger partial charge in [0.25, 0.3) is 0 Å². The largest absolute Gasteiger partial charge is 0.376 e. The average molecular weight is 242 g/mol. The second kappa shape index (κ2) is 4.52. The maximum Gasteiger partial charge on any atom is 0.123 e. The highest BCUT2D eigenvalue weighted by atomic mass is 16.6. The fourth-order valence-electron chi connectivity index (χ4n) is 3.46. The SMILES string of the molecule is CC(C)OC[C@]12O[C@@H](C)[C@H](OC1C)[C@@H]2C(C)C. The summed E-state index contributed by atoms with van der Waals surface area (Å²) >= 11 is 0. The highest BCUT2D eigenvalue weighted by Gasteiger charge is 2.64. The topological polar surface area (TPSA) is 27.7 Å². The van der Waals surface area contributed by atoms with E-state index >= 15 is 0 Å². The van der Waals surface area contributed by atoms with Gasteiger partial charge in [-0.2, -0.15) is 0 Å². The zero-order chi connectivity index (χ0) is 12.8. The molecule has 5 atom stereocenters. The normalized spacial score (nSPS) is 45.2. The highest BCUT2D eigenvalue weighted by Crippen LogP contribution is 2.51. The minimum absolute atomic E-state index is 0.134. The van der Waals surface area contributed by atoms with E-state index in [4.69, 9.17) is 14.2 Å². The van der Waals surface area contributed by atoms with Crippen LogP contribution in [0.2, 0.25) is 0 Å². The van der Waals surface area contributed by atoms with E-state index in [0.717, 1.165) is 0 Å². The second-order valence-electron chi connectivity index (χ2n) is 6.15.